The lowest BCUT2D eigenvalue weighted by Crippen LogP contribution is -2.46. The zero-order valence-electron chi connectivity index (χ0n) is 22.0. The molecule has 2 amide bonds. The van der Waals surface area contributed by atoms with Crippen molar-refractivity contribution >= 4 is 28.5 Å². The van der Waals surface area contributed by atoms with Crippen molar-refractivity contribution < 1.29 is 9.59 Å². The molecule has 2 aromatic heterocycles. The number of carbonyl (C=O) groups is 2. The van der Waals surface area contributed by atoms with Gasteiger partial charge in [-0.2, -0.15) is 0 Å². The van der Waals surface area contributed by atoms with Crippen LogP contribution in [0.4, 0.5) is 5.69 Å². The second-order valence-corrected chi connectivity index (χ2v) is 10.3. The smallest absolute Gasteiger partial charge is 0.249 e. The molecule has 0 spiro atoms. The molecule has 1 aliphatic carbocycles. The third kappa shape index (κ3) is 5.44. The minimum absolute atomic E-state index is 0.0367. The molecular weight excluding hydrogens is 476 g/mol. The zero-order chi connectivity index (χ0) is 26.5. The average Bonchev–Trinajstić information content (AvgIpc) is 3.34. The Hall–Kier alpha value is -4.07. The molecule has 0 fully saturated rings. The highest BCUT2D eigenvalue weighted by Gasteiger charge is 2.35. The number of nitrogens with one attached hydrogen (secondary N) is 1. The first-order chi connectivity index (χ1) is 18.5. The minimum Gasteiger partial charge on any atom is -0.354 e. The number of hydrogen-bond acceptors (Lipinski definition) is 5. The van der Waals surface area contributed by atoms with E-state index in [1.54, 1.807) is 22.0 Å². The van der Waals surface area contributed by atoms with Gasteiger partial charge in [0.05, 0.1) is 5.52 Å². The number of para-hydroxylation sites is 1. The Morgan fingerprint density at radius 1 is 1.00 bits per heavy atom. The number of fused-ring (bicyclic) bond motifs is 2. The standard InChI is InChI=1S/C30H34N6O2/c1-21(2)14-19-32-30(38)29(23-15-17-31-18-16-23)36(26-13-7-9-22-8-3-4-10-24(22)26)28(37)20-35-27-12-6-5-11-25(27)33-34-35/h5-7,9,11-13,15-18,21,29H,3-4,8,10,14,19-20H2,1-2H3,(H,32,38). The topological polar surface area (TPSA) is 93.0 Å². The van der Waals surface area contributed by atoms with E-state index in [-0.39, 0.29) is 18.4 Å². The third-order valence-electron chi connectivity index (χ3n) is 7.15. The first-order valence-corrected chi connectivity index (χ1v) is 13.4. The van der Waals surface area contributed by atoms with Gasteiger partial charge in [-0.25, -0.2) is 4.68 Å². The summed E-state index contributed by atoms with van der Waals surface area (Å²) in [5, 5.41) is 11.6. The molecule has 2 heterocycles. The predicted molar refractivity (Wildman–Crippen MR) is 148 cm³/mol. The third-order valence-corrected chi connectivity index (χ3v) is 7.15. The first-order valence-electron chi connectivity index (χ1n) is 13.4. The van der Waals surface area contributed by atoms with E-state index in [9.17, 15) is 9.59 Å². The summed E-state index contributed by atoms with van der Waals surface area (Å²) >= 11 is 0. The van der Waals surface area contributed by atoms with E-state index < -0.39 is 6.04 Å². The van der Waals surface area contributed by atoms with Gasteiger partial charge in [-0.15, -0.1) is 5.10 Å². The summed E-state index contributed by atoms with van der Waals surface area (Å²) in [6.45, 7) is 4.76. The van der Waals surface area contributed by atoms with Gasteiger partial charge < -0.3 is 5.32 Å². The van der Waals surface area contributed by atoms with Crippen molar-refractivity contribution in [3.8, 4) is 0 Å². The molecule has 1 atom stereocenters. The van der Waals surface area contributed by atoms with E-state index in [1.807, 2.05) is 48.5 Å². The second-order valence-electron chi connectivity index (χ2n) is 10.3. The Morgan fingerprint density at radius 3 is 2.61 bits per heavy atom. The van der Waals surface area contributed by atoms with Crippen LogP contribution in [0, 0.1) is 5.92 Å². The van der Waals surface area contributed by atoms with Crippen LogP contribution in [0.25, 0.3) is 11.0 Å². The minimum atomic E-state index is -0.846. The maximum absolute atomic E-state index is 14.3. The van der Waals surface area contributed by atoms with Crippen LogP contribution in [0.15, 0.2) is 67.0 Å². The molecule has 0 aliphatic heterocycles. The molecule has 0 saturated carbocycles. The number of hydrogen-bond donors (Lipinski definition) is 1. The molecule has 4 aromatic rings. The number of pyridine rings is 1. The Morgan fingerprint density at radius 2 is 1.79 bits per heavy atom. The lowest BCUT2D eigenvalue weighted by Gasteiger charge is -2.34. The Bertz CT molecular complexity index is 1410. The highest BCUT2D eigenvalue weighted by atomic mass is 16.2. The van der Waals surface area contributed by atoms with Gasteiger partial charge in [0.1, 0.15) is 18.1 Å². The van der Waals surface area contributed by atoms with E-state index in [1.165, 1.54) is 5.56 Å². The highest BCUT2D eigenvalue weighted by molar-refractivity contribution is 6.02. The summed E-state index contributed by atoms with van der Waals surface area (Å²) in [5.41, 5.74) is 5.39. The molecule has 8 nitrogen and oxygen atoms in total. The fraction of sp³-hybridized carbons (Fsp3) is 0.367. The number of aromatic nitrogens is 4. The van der Waals surface area contributed by atoms with Gasteiger partial charge in [0.2, 0.25) is 11.8 Å². The summed E-state index contributed by atoms with van der Waals surface area (Å²) in [6, 6.07) is 16.4. The monoisotopic (exact) mass is 510 g/mol. The number of nitrogens with zero attached hydrogens (tertiary/aromatic N) is 5. The number of aryl methyl sites for hydroxylation is 1. The van der Waals surface area contributed by atoms with Gasteiger partial charge in [0.25, 0.3) is 0 Å². The maximum atomic E-state index is 14.3. The van der Waals surface area contributed by atoms with Crippen molar-refractivity contribution in [1.29, 1.82) is 0 Å². The molecule has 8 heteroatoms. The molecule has 0 saturated heterocycles. The molecule has 1 N–H and O–H groups in total. The van der Waals surface area contributed by atoms with Crippen LogP contribution in [0.1, 0.15) is 55.8 Å². The van der Waals surface area contributed by atoms with Crippen LogP contribution in [-0.2, 0) is 29.0 Å². The maximum Gasteiger partial charge on any atom is 0.249 e. The number of benzene rings is 2. The summed E-state index contributed by atoms with van der Waals surface area (Å²) in [7, 11) is 0. The van der Waals surface area contributed by atoms with Gasteiger partial charge in [0, 0.05) is 24.6 Å². The van der Waals surface area contributed by atoms with Crippen molar-refractivity contribution in [2.45, 2.75) is 58.5 Å². The van der Waals surface area contributed by atoms with Crippen molar-refractivity contribution in [3.63, 3.8) is 0 Å². The molecule has 1 aliphatic rings. The Kier molecular flexibility index (Phi) is 7.77. The number of rotatable bonds is 9. The fourth-order valence-electron chi connectivity index (χ4n) is 5.19. The van der Waals surface area contributed by atoms with Crippen LogP contribution in [0.3, 0.4) is 0 Å². The SMILES string of the molecule is CC(C)CCNC(=O)C(c1ccncc1)N(C(=O)Cn1nnc2ccccc21)c1cccc2c1CCCC2. The van der Waals surface area contributed by atoms with Gasteiger partial charge in [-0.3, -0.25) is 19.5 Å². The number of amides is 2. The van der Waals surface area contributed by atoms with Gasteiger partial charge >= 0.3 is 0 Å². The Labute approximate surface area is 223 Å². The summed E-state index contributed by atoms with van der Waals surface area (Å²) in [6.07, 6.45) is 8.21. The molecule has 5 rings (SSSR count). The molecule has 196 valence electrons. The van der Waals surface area contributed by atoms with Crippen LogP contribution < -0.4 is 10.2 Å². The fourth-order valence-corrected chi connectivity index (χ4v) is 5.19. The van der Waals surface area contributed by atoms with Crippen molar-refractivity contribution in [3.05, 3.63) is 83.7 Å². The van der Waals surface area contributed by atoms with Crippen molar-refractivity contribution in [2.24, 2.45) is 5.92 Å². The van der Waals surface area contributed by atoms with E-state index in [4.69, 9.17) is 0 Å². The van der Waals surface area contributed by atoms with Crippen LogP contribution in [-0.4, -0.2) is 38.3 Å². The second kappa shape index (κ2) is 11.5. The van der Waals surface area contributed by atoms with E-state index in [2.05, 4.69) is 40.5 Å². The lowest BCUT2D eigenvalue weighted by atomic mass is 9.89. The predicted octanol–water partition coefficient (Wildman–Crippen LogP) is 4.64. The number of carbonyl (C=O) groups excluding carboxylic acids is 2. The van der Waals surface area contributed by atoms with Crippen molar-refractivity contribution in [2.75, 3.05) is 11.4 Å². The average molecular weight is 511 g/mol. The van der Waals surface area contributed by atoms with E-state index >= 15 is 0 Å². The lowest BCUT2D eigenvalue weighted by molar-refractivity contribution is -0.127. The van der Waals surface area contributed by atoms with Gasteiger partial charge in [-0.05, 0) is 85.0 Å². The summed E-state index contributed by atoms with van der Waals surface area (Å²) in [5.74, 6) is 0.0247. The molecule has 0 radical (unpaired) electrons. The van der Waals surface area contributed by atoms with Gasteiger partial charge in [-0.1, -0.05) is 43.3 Å². The normalized spacial score (nSPS) is 13.8. The molecular formula is C30H34N6O2. The highest BCUT2D eigenvalue weighted by Crippen LogP contribution is 2.36. The molecule has 38 heavy (non-hydrogen) atoms. The van der Waals surface area contributed by atoms with Crippen LogP contribution in [0.2, 0.25) is 0 Å². The van der Waals surface area contributed by atoms with Crippen molar-refractivity contribution in [1.82, 2.24) is 25.3 Å². The number of anilines is 1. The molecule has 2 aromatic carbocycles. The molecule has 0 bridgehead atoms. The largest absolute Gasteiger partial charge is 0.354 e. The summed E-state index contributed by atoms with van der Waals surface area (Å²) < 4.78 is 1.61. The van der Waals surface area contributed by atoms with Crippen LogP contribution in [0.5, 0.6) is 0 Å². The van der Waals surface area contributed by atoms with Gasteiger partial charge in [0.15, 0.2) is 0 Å². The van der Waals surface area contributed by atoms with E-state index in [0.717, 1.165) is 54.4 Å². The van der Waals surface area contributed by atoms with E-state index in [0.29, 0.717) is 18.0 Å². The summed E-state index contributed by atoms with van der Waals surface area (Å²) in [4.78, 5) is 34.0. The van der Waals surface area contributed by atoms with Crippen LogP contribution >= 0.6 is 0 Å². The Balaban J connectivity index is 1.59. The zero-order valence-corrected chi connectivity index (χ0v) is 22.0. The molecule has 1 unspecified atom stereocenters. The first kappa shape index (κ1) is 25.6. The quantitative estimate of drug-likeness (QED) is 0.354.